The monoisotopic (exact) mass is 387 g/mol. The van der Waals surface area contributed by atoms with E-state index in [-0.39, 0.29) is 19.4 Å². The highest BCUT2D eigenvalue weighted by Crippen LogP contribution is 2.18. The van der Waals surface area contributed by atoms with Gasteiger partial charge >= 0.3 is 5.97 Å². The number of carbonyl (C=O) groups excluding carboxylic acids is 4. The molecule has 0 aromatic heterocycles. The van der Waals surface area contributed by atoms with Crippen LogP contribution in [-0.4, -0.2) is 82.5 Å². The molecular weight excluding hydrogens is 362 g/mol. The van der Waals surface area contributed by atoms with Gasteiger partial charge in [0.05, 0.1) is 19.2 Å². The van der Waals surface area contributed by atoms with Gasteiger partial charge in [-0.1, -0.05) is 0 Å². The van der Waals surface area contributed by atoms with Crippen LogP contribution in [0.2, 0.25) is 0 Å². The number of hydrogen-bond acceptors (Lipinski definition) is 7. The molecule has 27 heavy (non-hydrogen) atoms. The summed E-state index contributed by atoms with van der Waals surface area (Å²) in [5.74, 6) is -3.91. The van der Waals surface area contributed by atoms with Gasteiger partial charge in [-0.15, -0.1) is 0 Å². The molecule has 1 fully saturated rings. The maximum absolute atomic E-state index is 12.4. The molecule has 0 aromatic carbocycles. The number of carboxylic acids is 1. The highest BCUT2D eigenvalue weighted by molar-refractivity contribution is 5.93. The fourth-order valence-corrected chi connectivity index (χ4v) is 2.65. The third-order valence-electron chi connectivity index (χ3n) is 4.10. The van der Waals surface area contributed by atoms with Crippen LogP contribution in [0.25, 0.3) is 0 Å². The van der Waals surface area contributed by atoms with Crippen molar-refractivity contribution in [2.75, 3.05) is 19.7 Å². The zero-order chi connectivity index (χ0) is 20.6. The molecule has 8 N–H and O–H groups in total. The van der Waals surface area contributed by atoms with E-state index in [1.165, 1.54) is 0 Å². The number of rotatable bonds is 10. The number of aliphatic carboxylic acids is 1. The van der Waals surface area contributed by atoms with Crippen LogP contribution in [0.4, 0.5) is 0 Å². The van der Waals surface area contributed by atoms with Gasteiger partial charge in [0.15, 0.2) is 0 Å². The lowest BCUT2D eigenvalue weighted by Crippen LogP contribution is -2.55. The van der Waals surface area contributed by atoms with Crippen LogP contribution in [0.1, 0.15) is 25.7 Å². The molecule has 3 atom stereocenters. The first-order valence-electron chi connectivity index (χ1n) is 8.42. The van der Waals surface area contributed by atoms with Gasteiger partial charge in [-0.05, 0) is 19.3 Å². The number of aliphatic hydroxyl groups excluding tert-OH is 1. The highest BCUT2D eigenvalue weighted by atomic mass is 16.4. The minimum Gasteiger partial charge on any atom is -0.480 e. The summed E-state index contributed by atoms with van der Waals surface area (Å²) in [6, 6.07) is -3.34. The van der Waals surface area contributed by atoms with E-state index in [0.717, 1.165) is 4.90 Å². The average Bonchev–Trinajstić information content (AvgIpc) is 3.11. The Hall–Kier alpha value is -2.73. The van der Waals surface area contributed by atoms with E-state index < -0.39 is 60.9 Å². The first-order valence-corrected chi connectivity index (χ1v) is 8.42. The van der Waals surface area contributed by atoms with E-state index in [1.54, 1.807) is 0 Å². The second-order valence-corrected chi connectivity index (χ2v) is 6.16. The van der Waals surface area contributed by atoms with Gasteiger partial charge in [0.25, 0.3) is 0 Å². The van der Waals surface area contributed by atoms with Gasteiger partial charge in [0.1, 0.15) is 12.1 Å². The molecule has 3 unspecified atom stereocenters. The van der Waals surface area contributed by atoms with Crippen molar-refractivity contribution in [3.63, 3.8) is 0 Å². The fraction of sp³-hybridized carbons (Fsp3) is 0.667. The van der Waals surface area contributed by atoms with Crippen molar-refractivity contribution in [3.8, 4) is 0 Å². The molecule has 0 aliphatic carbocycles. The molecule has 1 aliphatic heterocycles. The number of carboxylic acid groups (broad SMARTS) is 1. The summed E-state index contributed by atoms with van der Waals surface area (Å²) in [6.07, 6.45) is 0.745. The highest BCUT2D eigenvalue weighted by Gasteiger charge is 2.37. The molecule has 4 amide bonds. The Labute approximate surface area is 155 Å². The van der Waals surface area contributed by atoms with Gasteiger partial charge in [-0.25, -0.2) is 4.79 Å². The average molecular weight is 387 g/mol. The van der Waals surface area contributed by atoms with E-state index in [0.29, 0.717) is 12.8 Å². The summed E-state index contributed by atoms with van der Waals surface area (Å²) in [5, 5.41) is 23.0. The van der Waals surface area contributed by atoms with Crippen molar-refractivity contribution < 1.29 is 34.2 Å². The summed E-state index contributed by atoms with van der Waals surface area (Å²) >= 11 is 0. The van der Waals surface area contributed by atoms with E-state index in [1.807, 2.05) is 0 Å². The van der Waals surface area contributed by atoms with Crippen LogP contribution in [0.5, 0.6) is 0 Å². The second-order valence-electron chi connectivity index (χ2n) is 6.16. The van der Waals surface area contributed by atoms with Crippen LogP contribution < -0.4 is 22.1 Å². The molecule has 152 valence electrons. The van der Waals surface area contributed by atoms with Crippen molar-refractivity contribution in [1.29, 1.82) is 0 Å². The topological polar surface area (TPSA) is 205 Å². The van der Waals surface area contributed by atoms with E-state index in [9.17, 15) is 29.1 Å². The third kappa shape index (κ3) is 6.83. The minimum atomic E-state index is -1.32. The summed E-state index contributed by atoms with van der Waals surface area (Å²) < 4.78 is 0. The van der Waals surface area contributed by atoms with Crippen LogP contribution in [0.15, 0.2) is 0 Å². The van der Waals surface area contributed by atoms with Crippen molar-refractivity contribution in [2.24, 2.45) is 11.5 Å². The molecule has 0 radical (unpaired) electrons. The van der Waals surface area contributed by atoms with Crippen molar-refractivity contribution >= 4 is 29.6 Å². The smallest absolute Gasteiger partial charge is 0.326 e. The molecular formula is C15H25N5O7. The zero-order valence-electron chi connectivity index (χ0n) is 14.7. The number of primary amides is 1. The zero-order valence-corrected chi connectivity index (χ0v) is 14.7. The van der Waals surface area contributed by atoms with Gasteiger partial charge in [0, 0.05) is 13.0 Å². The number of nitrogens with one attached hydrogen (secondary N) is 2. The molecule has 1 aliphatic rings. The number of carbonyl (C=O) groups is 5. The molecule has 1 rings (SSSR count). The van der Waals surface area contributed by atoms with Crippen molar-refractivity contribution in [2.45, 2.75) is 43.8 Å². The summed E-state index contributed by atoms with van der Waals surface area (Å²) in [6.45, 7) is -1.01. The number of nitrogens with two attached hydrogens (primary N) is 2. The van der Waals surface area contributed by atoms with Gasteiger partial charge in [-0.3, -0.25) is 19.2 Å². The summed E-state index contributed by atoms with van der Waals surface area (Å²) in [4.78, 5) is 58.9. The summed E-state index contributed by atoms with van der Waals surface area (Å²) in [7, 11) is 0. The largest absolute Gasteiger partial charge is 0.480 e. The van der Waals surface area contributed by atoms with Crippen LogP contribution in [0, 0.1) is 0 Å². The quantitative estimate of drug-likeness (QED) is 0.219. The Bertz CT molecular complexity index is 597. The predicted octanol–water partition coefficient (Wildman–Crippen LogP) is -3.75. The number of hydrogen-bond donors (Lipinski definition) is 6. The molecule has 1 heterocycles. The Morgan fingerprint density at radius 2 is 1.89 bits per heavy atom. The Morgan fingerprint density at radius 3 is 2.44 bits per heavy atom. The molecule has 0 saturated carbocycles. The lowest BCUT2D eigenvalue weighted by molar-refractivity contribution is -0.149. The number of aliphatic hydroxyl groups is 1. The molecule has 0 spiro atoms. The third-order valence-corrected chi connectivity index (χ3v) is 4.10. The second kappa shape index (κ2) is 10.4. The molecule has 1 saturated heterocycles. The molecule has 0 aromatic rings. The Morgan fingerprint density at radius 1 is 1.22 bits per heavy atom. The van der Waals surface area contributed by atoms with Crippen LogP contribution in [0.3, 0.4) is 0 Å². The molecule has 12 heteroatoms. The maximum atomic E-state index is 12.4. The van der Waals surface area contributed by atoms with Crippen molar-refractivity contribution in [1.82, 2.24) is 15.5 Å². The molecule has 12 nitrogen and oxygen atoms in total. The van der Waals surface area contributed by atoms with Gasteiger partial charge < -0.3 is 37.2 Å². The lowest BCUT2D eigenvalue weighted by Gasteiger charge is -2.26. The van der Waals surface area contributed by atoms with Gasteiger partial charge in [-0.2, -0.15) is 0 Å². The lowest BCUT2D eigenvalue weighted by atomic mass is 10.1. The van der Waals surface area contributed by atoms with Crippen LogP contribution >= 0.6 is 0 Å². The normalized spacial score (nSPS) is 18.4. The molecule has 0 bridgehead atoms. The van der Waals surface area contributed by atoms with E-state index in [2.05, 4.69) is 10.6 Å². The van der Waals surface area contributed by atoms with Crippen molar-refractivity contribution in [3.05, 3.63) is 0 Å². The number of likely N-dealkylation sites (tertiary alicyclic amines) is 1. The summed E-state index contributed by atoms with van der Waals surface area (Å²) in [5.41, 5.74) is 10.5. The fourth-order valence-electron chi connectivity index (χ4n) is 2.65. The van der Waals surface area contributed by atoms with E-state index in [4.69, 9.17) is 16.6 Å². The standard InChI is InChI=1S/C15H25N5O7/c16-8(3-4-11(17)22)13(24)18-6-12(23)19-9(7-21)14(25)20-5-1-2-10(20)15(26)27/h8-10,21H,1-7,16H2,(H2,17,22)(H,18,24)(H,19,23)(H,26,27). The number of nitrogens with zero attached hydrogens (tertiary/aromatic N) is 1. The van der Waals surface area contributed by atoms with Gasteiger partial charge in [0.2, 0.25) is 23.6 Å². The first kappa shape index (κ1) is 22.3. The minimum absolute atomic E-state index is 0.0199. The Kier molecular flexibility index (Phi) is 8.62. The maximum Gasteiger partial charge on any atom is 0.326 e. The first-order chi connectivity index (χ1) is 12.7. The Balaban J connectivity index is 2.51. The van der Waals surface area contributed by atoms with Crippen LogP contribution in [-0.2, 0) is 24.0 Å². The SMILES string of the molecule is NC(=O)CCC(N)C(=O)NCC(=O)NC(CO)C(=O)N1CCCC1C(=O)O. The predicted molar refractivity (Wildman–Crippen MR) is 90.8 cm³/mol. The number of amides is 4. The van der Waals surface area contributed by atoms with E-state index >= 15 is 0 Å².